The summed E-state index contributed by atoms with van der Waals surface area (Å²) in [7, 11) is 0. The number of anilines is 1. The van der Waals surface area contributed by atoms with Crippen LogP contribution in [0.5, 0.6) is 17.2 Å². The highest BCUT2D eigenvalue weighted by Gasteiger charge is 2.33. The Labute approximate surface area is 163 Å². The fourth-order valence-electron chi connectivity index (χ4n) is 3.35. The molecule has 0 amide bonds. The summed E-state index contributed by atoms with van der Waals surface area (Å²) in [6.45, 7) is 0. The highest BCUT2D eigenvalue weighted by molar-refractivity contribution is 6.07. The van der Waals surface area contributed by atoms with E-state index < -0.39 is 29.2 Å². The lowest BCUT2D eigenvalue weighted by molar-refractivity contribution is 0.430. The molecule has 29 heavy (non-hydrogen) atoms. The van der Waals surface area contributed by atoms with Crippen molar-refractivity contribution in [3.8, 4) is 17.2 Å². The number of phenolic OH excluding ortho intramolecular Hbond substituents is 3. The van der Waals surface area contributed by atoms with Crippen molar-refractivity contribution in [3.05, 3.63) is 83.2 Å². The average Bonchev–Trinajstić information content (AvgIpc) is 3.11. The largest absolute Gasteiger partial charge is 0.507 e. The van der Waals surface area contributed by atoms with E-state index in [2.05, 4.69) is 5.10 Å². The van der Waals surface area contributed by atoms with E-state index in [4.69, 9.17) is 0 Å². The van der Waals surface area contributed by atoms with E-state index in [9.17, 15) is 28.5 Å². The van der Waals surface area contributed by atoms with E-state index in [1.807, 2.05) is 0 Å². The fraction of sp³-hybridized carbons (Fsp3) is 0.0952. The molecular weight excluding hydrogens is 385 g/mol. The molecular formula is C21H15F3N2O3. The highest BCUT2D eigenvalue weighted by Crippen LogP contribution is 2.41. The molecule has 0 radical (unpaired) electrons. The van der Waals surface area contributed by atoms with Crippen LogP contribution in [0.15, 0.2) is 59.7 Å². The van der Waals surface area contributed by atoms with Crippen LogP contribution in [-0.2, 0) is 0 Å². The Hall–Kier alpha value is -3.68. The van der Waals surface area contributed by atoms with Gasteiger partial charge >= 0.3 is 0 Å². The Kier molecular flexibility index (Phi) is 4.54. The molecule has 0 aliphatic carbocycles. The Bertz CT molecular complexity index is 1110. The molecule has 0 saturated heterocycles. The second-order valence-electron chi connectivity index (χ2n) is 6.59. The minimum atomic E-state index is -1.07. The van der Waals surface area contributed by atoms with Gasteiger partial charge < -0.3 is 15.3 Å². The number of rotatable bonds is 3. The average molecular weight is 400 g/mol. The lowest BCUT2D eigenvalue weighted by Gasteiger charge is -2.24. The molecule has 1 heterocycles. The van der Waals surface area contributed by atoms with Crippen LogP contribution in [0.25, 0.3) is 0 Å². The van der Waals surface area contributed by atoms with Crippen molar-refractivity contribution in [1.82, 2.24) is 0 Å². The predicted octanol–water partition coefficient (Wildman–Crippen LogP) is 4.58. The Morgan fingerprint density at radius 2 is 1.48 bits per heavy atom. The van der Waals surface area contributed by atoms with E-state index in [1.54, 1.807) is 0 Å². The molecule has 1 atom stereocenters. The monoisotopic (exact) mass is 400 g/mol. The standard InChI is InChI=1S/C21H15F3N2O3/c22-13-7-5-12(9-15(13)24)26-17(11-4-6-14(23)20(29)8-11)10-16(25-26)21-18(27)2-1-3-19(21)28/h1-9,17,27-29H,10H2. The number of benzene rings is 3. The first-order chi connectivity index (χ1) is 13.8. The maximum absolute atomic E-state index is 13.8. The van der Waals surface area contributed by atoms with Gasteiger partial charge in [-0.3, -0.25) is 5.01 Å². The first kappa shape index (κ1) is 18.7. The zero-order valence-electron chi connectivity index (χ0n) is 14.9. The molecule has 0 aromatic heterocycles. The molecule has 0 bridgehead atoms. The summed E-state index contributed by atoms with van der Waals surface area (Å²) in [6.07, 6.45) is 0.148. The Morgan fingerprint density at radius 3 is 2.14 bits per heavy atom. The normalized spacial score (nSPS) is 16.2. The maximum atomic E-state index is 13.8. The molecule has 3 aromatic rings. The van der Waals surface area contributed by atoms with Gasteiger partial charge in [0.2, 0.25) is 0 Å². The van der Waals surface area contributed by atoms with Crippen LogP contribution in [0.3, 0.4) is 0 Å². The number of aromatic hydroxyl groups is 3. The molecule has 3 N–H and O–H groups in total. The number of phenols is 3. The van der Waals surface area contributed by atoms with Gasteiger partial charge in [0.25, 0.3) is 0 Å². The van der Waals surface area contributed by atoms with E-state index in [-0.39, 0.29) is 29.2 Å². The zero-order chi connectivity index (χ0) is 20.7. The number of nitrogens with zero attached hydrogens (tertiary/aromatic N) is 2. The molecule has 0 fully saturated rings. The molecule has 1 aliphatic rings. The second-order valence-corrected chi connectivity index (χ2v) is 6.59. The van der Waals surface area contributed by atoms with Crippen LogP contribution in [0.1, 0.15) is 23.6 Å². The van der Waals surface area contributed by atoms with Crippen LogP contribution in [0.4, 0.5) is 18.9 Å². The SMILES string of the molecule is Oc1cc(C2CC(c3c(O)cccc3O)=NN2c2ccc(F)c(F)c2)ccc1F. The highest BCUT2D eigenvalue weighted by atomic mass is 19.2. The van der Waals surface area contributed by atoms with Crippen LogP contribution < -0.4 is 5.01 Å². The van der Waals surface area contributed by atoms with Crippen LogP contribution in [-0.4, -0.2) is 21.0 Å². The molecule has 5 nitrogen and oxygen atoms in total. The number of hydrogen-bond donors (Lipinski definition) is 3. The second kappa shape index (κ2) is 7.05. The third-order valence-corrected chi connectivity index (χ3v) is 4.74. The van der Waals surface area contributed by atoms with Gasteiger partial charge in [0, 0.05) is 12.5 Å². The Balaban J connectivity index is 1.84. The van der Waals surface area contributed by atoms with E-state index in [0.717, 1.165) is 18.2 Å². The van der Waals surface area contributed by atoms with Gasteiger partial charge in [-0.15, -0.1) is 0 Å². The third kappa shape index (κ3) is 3.33. The quantitative estimate of drug-likeness (QED) is 0.602. The van der Waals surface area contributed by atoms with Crippen LogP contribution in [0, 0.1) is 17.5 Å². The minimum absolute atomic E-state index is 0.105. The van der Waals surface area contributed by atoms with Crippen molar-refractivity contribution >= 4 is 11.4 Å². The van der Waals surface area contributed by atoms with Crippen molar-refractivity contribution < 1.29 is 28.5 Å². The van der Waals surface area contributed by atoms with Gasteiger partial charge in [0.15, 0.2) is 23.2 Å². The third-order valence-electron chi connectivity index (χ3n) is 4.74. The summed E-state index contributed by atoms with van der Waals surface area (Å²) in [5.74, 6) is -3.85. The van der Waals surface area contributed by atoms with Gasteiger partial charge in [-0.25, -0.2) is 13.2 Å². The van der Waals surface area contributed by atoms with Crippen molar-refractivity contribution in [1.29, 1.82) is 0 Å². The van der Waals surface area contributed by atoms with Gasteiger partial charge in [-0.2, -0.15) is 5.10 Å². The lowest BCUT2D eigenvalue weighted by atomic mass is 9.97. The van der Waals surface area contributed by atoms with Crippen LogP contribution in [0.2, 0.25) is 0 Å². The van der Waals surface area contributed by atoms with E-state index in [1.165, 1.54) is 41.4 Å². The number of hydrogen-bond acceptors (Lipinski definition) is 5. The molecule has 3 aromatic carbocycles. The van der Waals surface area contributed by atoms with Gasteiger partial charge in [-0.05, 0) is 42.0 Å². The van der Waals surface area contributed by atoms with Crippen LogP contribution >= 0.6 is 0 Å². The Morgan fingerprint density at radius 1 is 0.793 bits per heavy atom. The van der Waals surface area contributed by atoms with Crippen molar-refractivity contribution in [2.24, 2.45) is 5.10 Å². The molecule has 4 rings (SSSR count). The van der Waals surface area contributed by atoms with Gasteiger partial charge in [0.1, 0.15) is 11.5 Å². The summed E-state index contributed by atoms with van der Waals surface area (Å²) < 4.78 is 40.7. The number of hydrazone groups is 1. The van der Waals surface area contributed by atoms with Crippen molar-refractivity contribution in [3.63, 3.8) is 0 Å². The number of halogens is 3. The molecule has 148 valence electrons. The molecule has 0 saturated carbocycles. The van der Waals surface area contributed by atoms with Crippen molar-refractivity contribution in [2.45, 2.75) is 12.5 Å². The summed E-state index contributed by atoms with van der Waals surface area (Å²) in [5, 5.41) is 35.9. The van der Waals surface area contributed by atoms with Gasteiger partial charge in [-0.1, -0.05) is 12.1 Å². The predicted molar refractivity (Wildman–Crippen MR) is 101 cm³/mol. The fourth-order valence-corrected chi connectivity index (χ4v) is 3.35. The molecule has 8 heteroatoms. The zero-order valence-corrected chi connectivity index (χ0v) is 14.9. The molecule has 1 aliphatic heterocycles. The first-order valence-corrected chi connectivity index (χ1v) is 8.66. The van der Waals surface area contributed by atoms with E-state index >= 15 is 0 Å². The first-order valence-electron chi connectivity index (χ1n) is 8.66. The van der Waals surface area contributed by atoms with E-state index in [0.29, 0.717) is 11.3 Å². The molecule has 0 spiro atoms. The smallest absolute Gasteiger partial charge is 0.164 e. The lowest BCUT2D eigenvalue weighted by Crippen LogP contribution is -2.18. The van der Waals surface area contributed by atoms with Crippen molar-refractivity contribution in [2.75, 3.05) is 5.01 Å². The minimum Gasteiger partial charge on any atom is -0.507 e. The summed E-state index contributed by atoms with van der Waals surface area (Å²) in [4.78, 5) is 0. The topological polar surface area (TPSA) is 76.3 Å². The summed E-state index contributed by atoms with van der Waals surface area (Å²) >= 11 is 0. The maximum Gasteiger partial charge on any atom is 0.164 e. The summed E-state index contributed by atoms with van der Waals surface area (Å²) in [5.41, 5.74) is 1.07. The molecule has 1 unspecified atom stereocenters. The summed E-state index contributed by atoms with van der Waals surface area (Å²) in [6, 6.07) is 10.6. The van der Waals surface area contributed by atoms with Gasteiger partial charge in [0.05, 0.1) is 23.0 Å².